The summed E-state index contributed by atoms with van der Waals surface area (Å²) in [7, 11) is 3.02. The average Bonchev–Trinajstić information content (AvgIpc) is 2.96. The highest BCUT2D eigenvalue weighted by Gasteiger charge is 2.25. The molecule has 8 heteroatoms. The molecule has 3 atom stereocenters. The SMILES string of the molecule is CCS(=O)C1CCCC(NC(=NC)NCc2ccnn2C)C1.I. The van der Waals surface area contributed by atoms with Crippen LogP contribution in [0.4, 0.5) is 0 Å². The van der Waals surface area contributed by atoms with Crippen LogP contribution in [0.1, 0.15) is 38.3 Å². The van der Waals surface area contributed by atoms with Crippen LogP contribution in [0.2, 0.25) is 0 Å². The first-order valence-electron chi connectivity index (χ1n) is 7.95. The number of hydrogen-bond donors (Lipinski definition) is 2. The summed E-state index contributed by atoms with van der Waals surface area (Å²) in [4.78, 5) is 4.29. The number of nitrogens with one attached hydrogen (secondary N) is 2. The fourth-order valence-corrected chi connectivity index (χ4v) is 4.24. The van der Waals surface area contributed by atoms with Crippen LogP contribution in [0.3, 0.4) is 0 Å². The van der Waals surface area contributed by atoms with Gasteiger partial charge < -0.3 is 10.6 Å². The number of guanidine groups is 1. The molecule has 1 aliphatic rings. The standard InChI is InChI=1S/C15H27N5OS.HI/c1-4-22(21)14-7-5-6-12(10-14)19-15(16-2)17-11-13-8-9-18-20(13)3;/h8-9,12,14H,4-7,10-11H2,1-3H3,(H2,16,17,19);1H. The predicted molar refractivity (Wildman–Crippen MR) is 107 cm³/mol. The van der Waals surface area contributed by atoms with Gasteiger partial charge in [-0.1, -0.05) is 13.3 Å². The molecule has 23 heavy (non-hydrogen) atoms. The lowest BCUT2D eigenvalue weighted by Crippen LogP contribution is -2.46. The first kappa shape index (κ1) is 20.4. The second-order valence-electron chi connectivity index (χ2n) is 5.67. The Morgan fingerprint density at radius 1 is 1.52 bits per heavy atom. The number of halogens is 1. The molecule has 0 aromatic carbocycles. The van der Waals surface area contributed by atoms with Crippen LogP contribution in [0.25, 0.3) is 0 Å². The van der Waals surface area contributed by atoms with Gasteiger partial charge in [0.1, 0.15) is 0 Å². The molecule has 1 heterocycles. The normalized spacial score (nSPS) is 23.0. The van der Waals surface area contributed by atoms with Gasteiger partial charge in [0, 0.05) is 48.1 Å². The molecular weight excluding hydrogens is 425 g/mol. The van der Waals surface area contributed by atoms with Crippen molar-refractivity contribution < 1.29 is 4.21 Å². The topological polar surface area (TPSA) is 71.3 Å². The van der Waals surface area contributed by atoms with Crippen molar-refractivity contribution in [3.8, 4) is 0 Å². The molecule has 0 spiro atoms. The maximum atomic E-state index is 12.0. The Labute approximate surface area is 158 Å². The zero-order chi connectivity index (χ0) is 15.9. The van der Waals surface area contributed by atoms with Gasteiger partial charge in [-0.3, -0.25) is 13.9 Å². The first-order valence-corrected chi connectivity index (χ1v) is 9.33. The Hall–Kier alpha value is -0.640. The van der Waals surface area contributed by atoms with Crippen molar-refractivity contribution >= 4 is 40.7 Å². The molecule has 0 saturated heterocycles. The number of rotatable bonds is 5. The molecule has 0 aliphatic heterocycles. The minimum atomic E-state index is -0.694. The van der Waals surface area contributed by atoms with Gasteiger partial charge in [-0.15, -0.1) is 24.0 Å². The van der Waals surface area contributed by atoms with Gasteiger partial charge >= 0.3 is 0 Å². The van der Waals surface area contributed by atoms with Gasteiger partial charge in [0.15, 0.2) is 5.96 Å². The van der Waals surface area contributed by atoms with Crippen LogP contribution < -0.4 is 10.6 Å². The number of hydrogen-bond acceptors (Lipinski definition) is 3. The third-order valence-electron chi connectivity index (χ3n) is 4.21. The summed E-state index contributed by atoms with van der Waals surface area (Å²) in [6.45, 7) is 2.69. The molecule has 1 aliphatic carbocycles. The van der Waals surface area contributed by atoms with Crippen molar-refractivity contribution in [3.05, 3.63) is 18.0 Å². The summed E-state index contributed by atoms with van der Waals surface area (Å²) in [5, 5.41) is 11.3. The summed E-state index contributed by atoms with van der Waals surface area (Å²) >= 11 is 0. The van der Waals surface area contributed by atoms with E-state index in [1.54, 1.807) is 13.2 Å². The van der Waals surface area contributed by atoms with Crippen LogP contribution in [0.5, 0.6) is 0 Å². The van der Waals surface area contributed by atoms with Crippen molar-refractivity contribution in [2.45, 2.75) is 50.4 Å². The summed E-state index contributed by atoms with van der Waals surface area (Å²) in [5.74, 6) is 1.55. The molecule has 6 nitrogen and oxygen atoms in total. The maximum absolute atomic E-state index is 12.0. The highest BCUT2D eigenvalue weighted by molar-refractivity contribution is 14.0. The van der Waals surface area contributed by atoms with Crippen molar-refractivity contribution in [2.24, 2.45) is 12.0 Å². The zero-order valence-corrected chi connectivity index (χ0v) is 17.3. The number of aryl methyl sites for hydroxylation is 1. The van der Waals surface area contributed by atoms with E-state index in [0.29, 0.717) is 17.8 Å². The largest absolute Gasteiger partial charge is 0.354 e. The summed E-state index contributed by atoms with van der Waals surface area (Å²) in [6, 6.07) is 2.34. The van der Waals surface area contributed by atoms with Crippen LogP contribution in [0.15, 0.2) is 17.3 Å². The lowest BCUT2D eigenvalue weighted by Gasteiger charge is -2.30. The molecule has 0 amide bonds. The van der Waals surface area contributed by atoms with E-state index in [2.05, 4.69) is 20.7 Å². The number of aromatic nitrogens is 2. The highest BCUT2D eigenvalue weighted by Crippen LogP contribution is 2.22. The Bertz CT molecular complexity index is 534. The predicted octanol–water partition coefficient (Wildman–Crippen LogP) is 1.78. The lowest BCUT2D eigenvalue weighted by molar-refractivity contribution is 0.413. The second-order valence-corrected chi connectivity index (χ2v) is 7.68. The summed E-state index contributed by atoms with van der Waals surface area (Å²) in [6.07, 6.45) is 6.09. The molecule has 1 aromatic heterocycles. The van der Waals surface area contributed by atoms with E-state index < -0.39 is 10.8 Å². The zero-order valence-electron chi connectivity index (χ0n) is 14.1. The fraction of sp³-hybridized carbons (Fsp3) is 0.733. The van der Waals surface area contributed by atoms with E-state index in [-0.39, 0.29) is 24.0 Å². The van der Waals surface area contributed by atoms with Crippen molar-refractivity contribution in [1.29, 1.82) is 0 Å². The Kier molecular flexibility index (Phi) is 9.11. The first-order chi connectivity index (χ1) is 10.6. The van der Waals surface area contributed by atoms with Gasteiger partial charge in [-0.2, -0.15) is 5.10 Å². The third kappa shape index (κ3) is 6.06. The molecule has 3 unspecified atom stereocenters. The summed E-state index contributed by atoms with van der Waals surface area (Å²) in [5.41, 5.74) is 1.11. The van der Waals surface area contributed by atoms with Crippen LogP contribution in [0, 0.1) is 0 Å². The van der Waals surface area contributed by atoms with E-state index in [1.807, 2.05) is 24.7 Å². The molecule has 1 fully saturated rings. The summed E-state index contributed by atoms with van der Waals surface area (Å²) < 4.78 is 13.9. The molecule has 2 N–H and O–H groups in total. The smallest absolute Gasteiger partial charge is 0.191 e. The molecule has 0 bridgehead atoms. The van der Waals surface area contributed by atoms with E-state index in [4.69, 9.17) is 0 Å². The molecular formula is C15H28IN5OS. The van der Waals surface area contributed by atoms with Gasteiger partial charge in [0.05, 0.1) is 12.2 Å². The van der Waals surface area contributed by atoms with Crippen LogP contribution >= 0.6 is 24.0 Å². The fourth-order valence-electron chi connectivity index (χ4n) is 2.89. The van der Waals surface area contributed by atoms with Crippen molar-refractivity contribution in [1.82, 2.24) is 20.4 Å². The minimum Gasteiger partial charge on any atom is -0.354 e. The Balaban J connectivity index is 0.00000264. The highest BCUT2D eigenvalue weighted by atomic mass is 127. The van der Waals surface area contributed by atoms with Crippen LogP contribution in [-0.4, -0.2) is 44.0 Å². The average molecular weight is 453 g/mol. The third-order valence-corrected chi connectivity index (χ3v) is 5.95. The quantitative estimate of drug-likeness (QED) is 0.405. The molecule has 1 aromatic rings. The monoisotopic (exact) mass is 453 g/mol. The molecule has 132 valence electrons. The van der Waals surface area contributed by atoms with Crippen molar-refractivity contribution in [2.75, 3.05) is 12.8 Å². The van der Waals surface area contributed by atoms with Gasteiger partial charge in [0.2, 0.25) is 0 Å². The Morgan fingerprint density at radius 3 is 2.91 bits per heavy atom. The molecule has 2 rings (SSSR count). The van der Waals surface area contributed by atoms with E-state index in [9.17, 15) is 4.21 Å². The molecule has 0 radical (unpaired) electrons. The number of nitrogens with zero attached hydrogens (tertiary/aromatic N) is 3. The lowest BCUT2D eigenvalue weighted by atomic mass is 9.95. The second kappa shape index (κ2) is 10.3. The van der Waals surface area contributed by atoms with Gasteiger partial charge in [-0.05, 0) is 25.3 Å². The van der Waals surface area contributed by atoms with E-state index >= 15 is 0 Å². The van der Waals surface area contributed by atoms with Gasteiger partial charge in [0.25, 0.3) is 0 Å². The van der Waals surface area contributed by atoms with E-state index in [1.165, 1.54) is 0 Å². The van der Waals surface area contributed by atoms with E-state index in [0.717, 1.165) is 43.1 Å². The van der Waals surface area contributed by atoms with Crippen LogP contribution in [-0.2, 0) is 24.4 Å². The number of aliphatic imine (C=N–C) groups is 1. The van der Waals surface area contributed by atoms with Crippen molar-refractivity contribution in [3.63, 3.8) is 0 Å². The Morgan fingerprint density at radius 2 is 2.30 bits per heavy atom. The van der Waals surface area contributed by atoms with Gasteiger partial charge in [-0.25, -0.2) is 0 Å². The minimum absolute atomic E-state index is 0. The maximum Gasteiger partial charge on any atom is 0.191 e. The molecule has 1 saturated carbocycles.